The maximum absolute atomic E-state index is 13.9. The average molecular weight is 384 g/mol. The Morgan fingerprint density at radius 1 is 1.12 bits per heavy atom. The molecule has 0 aliphatic carbocycles. The molecule has 8 heteroatoms. The molecule has 2 unspecified atom stereocenters. The van der Waals surface area contributed by atoms with E-state index in [1.165, 1.54) is 22.5 Å². The fourth-order valence-corrected chi connectivity index (χ4v) is 5.29. The van der Waals surface area contributed by atoms with Crippen LogP contribution in [0.3, 0.4) is 0 Å². The number of benzene rings is 1. The van der Waals surface area contributed by atoms with Crippen LogP contribution >= 0.6 is 0 Å². The molecule has 144 valence electrons. The summed E-state index contributed by atoms with van der Waals surface area (Å²) in [6.45, 7) is 5.47. The van der Waals surface area contributed by atoms with E-state index in [1.807, 2.05) is 18.7 Å². The summed E-state index contributed by atoms with van der Waals surface area (Å²) in [6.07, 6.45) is 0.910. The molecule has 0 radical (unpaired) electrons. The van der Waals surface area contributed by atoms with Crippen molar-refractivity contribution in [1.29, 1.82) is 0 Å². The largest absolute Gasteiger partial charge is 0.372 e. The number of amides is 1. The van der Waals surface area contributed by atoms with Gasteiger partial charge in [-0.3, -0.25) is 4.79 Å². The Morgan fingerprint density at radius 3 is 2.27 bits per heavy atom. The van der Waals surface area contributed by atoms with Gasteiger partial charge in [0.15, 0.2) is 0 Å². The first-order valence-electron chi connectivity index (χ1n) is 8.98. The van der Waals surface area contributed by atoms with Crippen molar-refractivity contribution in [3.8, 4) is 0 Å². The minimum absolute atomic E-state index is 0.00391. The van der Waals surface area contributed by atoms with Gasteiger partial charge in [0.2, 0.25) is 15.9 Å². The summed E-state index contributed by atoms with van der Waals surface area (Å²) in [5, 5.41) is 0. The fraction of sp³-hybridized carbons (Fsp3) is 0.611. The van der Waals surface area contributed by atoms with Crippen molar-refractivity contribution >= 4 is 15.9 Å². The van der Waals surface area contributed by atoms with E-state index < -0.39 is 15.8 Å². The quantitative estimate of drug-likeness (QED) is 0.798. The summed E-state index contributed by atoms with van der Waals surface area (Å²) in [7, 11) is -3.87. The van der Waals surface area contributed by atoms with Crippen LogP contribution in [0.4, 0.5) is 4.39 Å². The van der Waals surface area contributed by atoms with Gasteiger partial charge in [-0.1, -0.05) is 12.1 Å². The monoisotopic (exact) mass is 384 g/mol. The second-order valence-electron chi connectivity index (χ2n) is 7.11. The number of carbonyl (C=O) groups excluding carboxylic acids is 1. The van der Waals surface area contributed by atoms with Gasteiger partial charge in [-0.15, -0.1) is 0 Å². The van der Waals surface area contributed by atoms with Crippen molar-refractivity contribution in [3.63, 3.8) is 0 Å². The van der Waals surface area contributed by atoms with Crippen molar-refractivity contribution in [3.05, 3.63) is 30.1 Å². The number of halogens is 1. The normalized spacial score (nSPS) is 26.0. The molecule has 3 rings (SSSR count). The Labute approximate surface area is 154 Å². The molecule has 1 amide bonds. The van der Waals surface area contributed by atoms with Crippen molar-refractivity contribution in [1.82, 2.24) is 9.21 Å². The maximum atomic E-state index is 13.9. The summed E-state index contributed by atoms with van der Waals surface area (Å²) in [4.78, 5) is 14.3. The van der Waals surface area contributed by atoms with E-state index in [2.05, 4.69) is 0 Å². The number of carbonyl (C=O) groups is 1. The smallest absolute Gasteiger partial charge is 0.245 e. The molecule has 2 aliphatic rings. The van der Waals surface area contributed by atoms with E-state index in [9.17, 15) is 17.6 Å². The number of rotatable bonds is 3. The van der Waals surface area contributed by atoms with Gasteiger partial charge >= 0.3 is 0 Å². The van der Waals surface area contributed by atoms with Crippen LogP contribution in [-0.2, 0) is 19.6 Å². The number of morpholine rings is 1. The molecule has 0 bridgehead atoms. The average Bonchev–Trinajstić information content (AvgIpc) is 2.60. The van der Waals surface area contributed by atoms with Crippen LogP contribution in [0.1, 0.15) is 26.7 Å². The molecule has 6 nitrogen and oxygen atoms in total. The van der Waals surface area contributed by atoms with Crippen LogP contribution in [0.25, 0.3) is 0 Å². The zero-order valence-electron chi connectivity index (χ0n) is 15.1. The second kappa shape index (κ2) is 7.62. The molecule has 0 spiro atoms. The van der Waals surface area contributed by atoms with E-state index in [0.717, 1.165) is 6.07 Å². The standard InChI is InChI=1S/C18H25FN2O4S/c1-13-11-20(12-14(2)25-13)18(22)15-7-9-21(10-8-15)26(23,24)17-6-4-3-5-16(17)19/h3-6,13-15H,7-12H2,1-2H3. The summed E-state index contributed by atoms with van der Waals surface area (Å²) in [6, 6.07) is 5.39. The molecule has 2 aliphatic heterocycles. The first kappa shape index (κ1) is 19.3. The molecule has 0 aromatic heterocycles. The molecule has 0 saturated carbocycles. The van der Waals surface area contributed by atoms with Crippen LogP contribution in [0.2, 0.25) is 0 Å². The third-order valence-corrected chi connectivity index (χ3v) is 6.92. The molecular formula is C18H25FN2O4S. The van der Waals surface area contributed by atoms with E-state index in [-0.39, 0.29) is 42.0 Å². The zero-order valence-corrected chi connectivity index (χ0v) is 15.9. The minimum atomic E-state index is -3.87. The number of ether oxygens (including phenoxy) is 1. The third kappa shape index (κ3) is 3.92. The summed E-state index contributed by atoms with van der Waals surface area (Å²) in [5.41, 5.74) is 0. The van der Waals surface area contributed by atoms with Crippen molar-refractivity contribution < 1.29 is 22.3 Å². The fourth-order valence-electron chi connectivity index (χ4n) is 3.75. The minimum Gasteiger partial charge on any atom is -0.372 e. The number of nitrogens with zero attached hydrogens (tertiary/aromatic N) is 2. The molecule has 0 N–H and O–H groups in total. The van der Waals surface area contributed by atoms with E-state index in [0.29, 0.717) is 25.9 Å². The highest BCUT2D eigenvalue weighted by atomic mass is 32.2. The lowest BCUT2D eigenvalue weighted by molar-refractivity contribution is -0.148. The molecule has 26 heavy (non-hydrogen) atoms. The number of piperidine rings is 1. The Morgan fingerprint density at radius 2 is 1.69 bits per heavy atom. The van der Waals surface area contributed by atoms with Gasteiger partial charge in [0.1, 0.15) is 10.7 Å². The Hall–Kier alpha value is -1.51. The summed E-state index contributed by atoms with van der Waals surface area (Å²) in [5.74, 6) is -0.878. The van der Waals surface area contributed by atoms with Gasteiger partial charge in [-0.25, -0.2) is 12.8 Å². The first-order chi connectivity index (χ1) is 12.3. The maximum Gasteiger partial charge on any atom is 0.245 e. The topological polar surface area (TPSA) is 66.9 Å². The van der Waals surface area contributed by atoms with Gasteiger partial charge in [-0.05, 0) is 38.8 Å². The van der Waals surface area contributed by atoms with Gasteiger partial charge < -0.3 is 9.64 Å². The van der Waals surface area contributed by atoms with Crippen molar-refractivity contribution in [2.75, 3.05) is 26.2 Å². The highest BCUT2D eigenvalue weighted by Crippen LogP contribution is 2.27. The van der Waals surface area contributed by atoms with Gasteiger partial charge in [0, 0.05) is 32.1 Å². The van der Waals surface area contributed by atoms with Gasteiger partial charge in [0.05, 0.1) is 12.2 Å². The molecule has 2 heterocycles. The third-order valence-electron chi connectivity index (χ3n) is 4.99. The highest BCUT2D eigenvalue weighted by Gasteiger charge is 2.36. The van der Waals surface area contributed by atoms with E-state index in [4.69, 9.17) is 4.74 Å². The molecule has 2 saturated heterocycles. The summed E-state index contributed by atoms with van der Waals surface area (Å²) >= 11 is 0. The molecule has 2 fully saturated rings. The van der Waals surface area contributed by atoms with E-state index >= 15 is 0 Å². The predicted octanol–water partition coefficient (Wildman–Crippen LogP) is 1.86. The molecule has 2 atom stereocenters. The highest BCUT2D eigenvalue weighted by molar-refractivity contribution is 7.89. The lowest BCUT2D eigenvalue weighted by Gasteiger charge is -2.39. The van der Waals surface area contributed by atoms with Gasteiger partial charge in [0.25, 0.3) is 0 Å². The first-order valence-corrected chi connectivity index (χ1v) is 10.4. The van der Waals surface area contributed by atoms with Crippen LogP contribution in [0, 0.1) is 11.7 Å². The van der Waals surface area contributed by atoms with E-state index in [1.54, 1.807) is 0 Å². The van der Waals surface area contributed by atoms with Crippen LogP contribution < -0.4 is 0 Å². The van der Waals surface area contributed by atoms with Crippen molar-refractivity contribution in [2.24, 2.45) is 5.92 Å². The van der Waals surface area contributed by atoms with Crippen LogP contribution in [0.5, 0.6) is 0 Å². The van der Waals surface area contributed by atoms with Crippen molar-refractivity contribution in [2.45, 2.75) is 43.8 Å². The lowest BCUT2D eigenvalue weighted by Crippen LogP contribution is -2.51. The van der Waals surface area contributed by atoms with Crippen LogP contribution in [0.15, 0.2) is 29.2 Å². The van der Waals surface area contributed by atoms with Gasteiger partial charge in [-0.2, -0.15) is 4.31 Å². The Kier molecular flexibility index (Phi) is 5.64. The van der Waals surface area contributed by atoms with Crippen LogP contribution in [-0.4, -0.2) is 61.9 Å². The lowest BCUT2D eigenvalue weighted by atomic mass is 9.96. The number of hydrogen-bond donors (Lipinski definition) is 0. The Balaban J connectivity index is 1.64. The summed E-state index contributed by atoms with van der Waals surface area (Å²) < 4.78 is 46.1. The SMILES string of the molecule is CC1CN(C(=O)C2CCN(S(=O)(=O)c3ccccc3F)CC2)CC(C)O1. The predicted molar refractivity (Wildman–Crippen MR) is 94.5 cm³/mol. The number of hydrogen-bond acceptors (Lipinski definition) is 4. The second-order valence-corrected chi connectivity index (χ2v) is 9.02. The molecule has 1 aromatic rings. The zero-order chi connectivity index (χ0) is 18.9. The molecule has 1 aromatic carbocycles. The molecular weight excluding hydrogens is 359 g/mol. The number of sulfonamides is 1. The Bertz CT molecular complexity index is 752.